The van der Waals surface area contributed by atoms with Crippen LogP contribution in [-0.4, -0.2) is 18.2 Å². The van der Waals surface area contributed by atoms with Crippen molar-refractivity contribution in [2.75, 3.05) is 7.11 Å². The molecule has 5 heteroatoms. The van der Waals surface area contributed by atoms with Gasteiger partial charge in [0.05, 0.1) is 19.6 Å². The van der Waals surface area contributed by atoms with E-state index in [1.807, 2.05) is 6.07 Å². The first-order valence-corrected chi connectivity index (χ1v) is 4.33. The number of ether oxygens (including phenoxy) is 1. The summed E-state index contributed by atoms with van der Waals surface area (Å²) >= 11 is 0. The number of rotatable bonds is 3. The third kappa shape index (κ3) is 2.36. The minimum Gasteiger partial charge on any atom is -0.465 e. The SMILES string of the molecule is COC(=O)c1cc(C(O)CC#N)oc1C. The van der Waals surface area contributed by atoms with Crippen molar-refractivity contribution in [3.8, 4) is 6.07 Å². The number of aliphatic hydroxyl groups excluding tert-OH is 1. The Hall–Kier alpha value is -1.80. The third-order valence-corrected chi connectivity index (χ3v) is 1.96. The Bertz CT molecular complexity index is 402. The van der Waals surface area contributed by atoms with Gasteiger partial charge in [-0.1, -0.05) is 0 Å². The number of hydrogen-bond donors (Lipinski definition) is 1. The normalized spacial score (nSPS) is 11.9. The molecular weight excluding hydrogens is 198 g/mol. The van der Waals surface area contributed by atoms with Crippen molar-refractivity contribution in [2.45, 2.75) is 19.4 Å². The van der Waals surface area contributed by atoms with Crippen molar-refractivity contribution in [1.82, 2.24) is 0 Å². The van der Waals surface area contributed by atoms with Crippen LogP contribution in [0.3, 0.4) is 0 Å². The van der Waals surface area contributed by atoms with Crippen LogP contribution in [0.15, 0.2) is 10.5 Å². The lowest BCUT2D eigenvalue weighted by atomic mass is 10.2. The number of carbonyl (C=O) groups is 1. The van der Waals surface area contributed by atoms with E-state index in [0.717, 1.165) is 0 Å². The molecule has 0 spiro atoms. The number of methoxy groups -OCH3 is 1. The van der Waals surface area contributed by atoms with E-state index in [1.165, 1.54) is 13.2 Å². The van der Waals surface area contributed by atoms with E-state index in [-0.39, 0.29) is 17.7 Å². The fourth-order valence-corrected chi connectivity index (χ4v) is 1.17. The fourth-order valence-electron chi connectivity index (χ4n) is 1.17. The Kier molecular flexibility index (Phi) is 3.47. The first-order valence-electron chi connectivity index (χ1n) is 4.33. The zero-order valence-electron chi connectivity index (χ0n) is 8.48. The van der Waals surface area contributed by atoms with Crippen molar-refractivity contribution in [3.05, 3.63) is 23.2 Å². The molecular formula is C10H11NO4. The molecule has 0 fully saturated rings. The predicted octanol–water partition coefficient (Wildman–Crippen LogP) is 1.32. The highest BCUT2D eigenvalue weighted by Gasteiger charge is 2.19. The van der Waals surface area contributed by atoms with Gasteiger partial charge in [-0.25, -0.2) is 4.79 Å². The van der Waals surface area contributed by atoms with Gasteiger partial charge in [0.1, 0.15) is 23.2 Å². The van der Waals surface area contributed by atoms with Gasteiger partial charge in [0, 0.05) is 0 Å². The van der Waals surface area contributed by atoms with Gasteiger partial charge in [-0.3, -0.25) is 0 Å². The lowest BCUT2D eigenvalue weighted by molar-refractivity contribution is 0.0598. The highest BCUT2D eigenvalue weighted by molar-refractivity contribution is 5.90. The van der Waals surface area contributed by atoms with Crippen LogP contribution in [0.4, 0.5) is 0 Å². The standard InChI is InChI=1S/C10H11NO4/c1-6-7(10(13)14-2)5-9(15-6)8(12)3-4-11/h5,8,12H,3H2,1-2H3. The molecule has 1 rings (SSSR count). The van der Waals surface area contributed by atoms with Crippen LogP contribution in [-0.2, 0) is 4.74 Å². The summed E-state index contributed by atoms with van der Waals surface area (Å²) in [5.74, 6) is 0.0509. The molecule has 0 aliphatic rings. The average Bonchev–Trinajstić information content (AvgIpc) is 2.60. The third-order valence-electron chi connectivity index (χ3n) is 1.96. The summed E-state index contributed by atoms with van der Waals surface area (Å²) in [5, 5.41) is 17.8. The van der Waals surface area contributed by atoms with Gasteiger partial charge in [0.2, 0.25) is 0 Å². The van der Waals surface area contributed by atoms with Gasteiger partial charge in [0.25, 0.3) is 0 Å². The molecule has 0 bridgehead atoms. The largest absolute Gasteiger partial charge is 0.465 e. The van der Waals surface area contributed by atoms with Crippen molar-refractivity contribution in [1.29, 1.82) is 5.26 Å². The molecule has 1 heterocycles. The molecule has 1 aromatic heterocycles. The molecule has 1 N–H and O–H groups in total. The van der Waals surface area contributed by atoms with E-state index in [0.29, 0.717) is 5.76 Å². The first kappa shape index (κ1) is 11.3. The van der Waals surface area contributed by atoms with Crippen molar-refractivity contribution >= 4 is 5.97 Å². The van der Waals surface area contributed by atoms with E-state index >= 15 is 0 Å². The van der Waals surface area contributed by atoms with Crippen LogP contribution in [0, 0.1) is 18.3 Å². The second-order valence-electron chi connectivity index (χ2n) is 2.99. The average molecular weight is 209 g/mol. The van der Waals surface area contributed by atoms with E-state index < -0.39 is 12.1 Å². The summed E-state index contributed by atoms with van der Waals surface area (Å²) in [6.45, 7) is 1.59. The molecule has 5 nitrogen and oxygen atoms in total. The van der Waals surface area contributed by atoms with Crippen molar-refractivity contribution in [2.24, 2.45) is 0 Å². The number of esters is 1. The van der Waals surface area contributed by atoms with Crippen LogP contribution < -0.4 is 0 Å². The van der Waals surface area contributed by atoms with Crippen LogP contribution in [0.1, 0.15) is 34.4 Å². The quantitative estimate of drug-likeness (QED) is 0.759. The number of aliphatic hydroxyl groups is 1. The molecule has 15 heavy (non-hydrogen) atoms. The molecule has 0 saturated carbocycles. The number of nitrogens with zero attached hydrogens (tertiary/aromatic N) is 1. The lowest BCUT2D eigenvalue weighted by Crippen LogP contribution is -2.00. The molecule has 1 aromatic rings. The lowest BCUT2D eigenvalue weighted by Gasteiger charge is -1.99. The first-order chi connectivity index (χ1) is 7.10. The number of hydrogen-bond acceptors (Lipinski definition) is 5. The topological polar surface area (TPSA) is 83.5 Å². The molecule has 0 radical (unpaired) electrons. The number of carbonyl (C=O) groups excluding carboxylic acids is 1. The molecule has 1 unspecified atom stereocenters. The Morgan fingerprint density at radius 2 is 2.47 bits per heavy atom. The molecule has 0 amide bonds. The summed E-state index contributed by atoms with van der Waals surface area (Å²) in [4.78, 5) is 11.2. The second kappa shape index (κ2) is 4.62. The molecule has 0 aliphatic heterocycles. The molecule has 0 aliphatic carbocycles. The highest BCUT2D eigenvalue weighted by Crippen LogP contribution is 2.23. The van der Waals surface area contributed by atoms with E-state index in [1.54, 1.807) is 6.92 Å². The summed E-state index contributed by atoms with van der Waals surface area (Å²) < 4.78 is 9.67. The van der Waals surface area contributed by atoms with Crippen LogP contribution in [0.5, 0.6) is 0 Å². The van der Waals surface area contributed by atoms with Crippen LogP contribution in [0.2, 0.25) is 0 Å². The summed E-state index contributed by atoms with van der Waals surface area (Å²) in [5.41, 5.74) is 0.268. The van der Waals surface area contributed by atoms with E-state index in [9.17, 15) is 9.90 Å². The Morgan fingerprint density at radius 3 is 3.00 bits per heavy atom. The Labute approximate surface area is 86.9 Å². The van der Waals surface area contributed by atoms with Crippen LogP contribution in [0.25, 0.3) is 0 Å². The van der Waals surface area contributed by atoms with Crippen molar-refractivity contribution in [3.63, 3.8) is 0 Å². The minimum absolute atomic E-state index is 0.0758. The van der Waals surface area contributed by atoms with Gasteiger partial charge < -0.3 is 14.3 Å². The minimum atomic E-state index is -1.01. The monoisotopic (exact) mass is 209 g/mol. The molecule has 80 valence electrons. The highest BCUT2D eigenvalue weighted by atomic mass is 16.5. The van der Waals surface area contributed by atoms with Gasteiger partial charge in [-0.2, -0.15) is 5.26 Å². The van der Waals surface area contributed by atoms with Crippen molar-refractivity contribution < 1.29 is 19.1 Å². The van der Waals surface area contributed by atoms with E-state index in [4.69, 9.17) is 9.68 Å². The fraction of sp³-hybridized carbons (Fsp3) is 0.400. The maximum absolute atomic E-state index is 11.2. The van der Waals surface area contributed by atoms with Gasteiger partial charge in [-0.15, -0.1) is 0 Å². The van der Waals surface area contributed by atoms with Crippen LogP contribution >= 0.6 is 0 Å². The second-order valence-corrected chi connectivity index (χ2v) is 2.99. The maximum atomic E-state index is 11.2. The predicted molar refractivity (Wildman–Crippen MR) is 50.0 cm³/mol. The van der Waals surface area contributed by atoms with E-state index in [2.05, 4.69) is 4.74 Å². The molecule has 0 saturated heterocycles. The zero-order valence-corrected chi connectivity index (χ0v) is 8.48. The summed E-state index contributed by atoms with van der Waals surface area (Å²) in [6.07, 6.45) is -1.08. The summed E-state index contributed by atoms with van der Waals surface area (Å²) in [7, 11) is 1.26. The van der Waals surface area contributed by atoms with Gasteiger partial charge >= 0.3 is 5.97 Å². The smallest absolute Gasteiger partial charge is 0.341 e. The maximum Gasteiger partial charge on any atom is 0.341 e. The number of aryl methyl sites for hydroxylation is 1. The number of nitriles is 1. The van der Waals surface area contributed by atoms with Gasteiger partial charge in [-0.05, 0) is 13.0 Å². The number of furan rings is 1. The molecule has 1 atom stereocenters. The Morgan fingerprint density at radius 1 is 1.80 bits per heavy atom. The Balaban J connectivity index is 2.96. The molecule has 0 aromatic carbocycles. The zero-order chi connectivity index (χ0) is 11.4. The van der Waals surface area contributed by atoms with Gasteiger partial charge in [0.15, 0.2) is 0 Å². The summed E-state index contributed by atoms with van der Waals surface area (Å²) in [6, 6.07) is 3.20.